The normalized spacial score (nSPS) is 10.3. The molecule has 0 saturated carbocycles. The fourth-order valence-corrected chi connectivity index (χ4v) is 2.71. The van der Waals surface area contributed by atoms with Crippen molar-refractivity contribution < 1.29 is 4.79 Å². The van der Waals surface area contributed by atoms with Gasteiger partial charge >= 0.3 is 6.03 Å². The predicted molar refractivity (Wildman–Crippen MR) is 112 cm³/mol. The van der Waals surface area contributed by atoms with Crippen molar-refractivity contribution in [2.75, 3.05) is 10.6 Å². The average Bonchev–Trinajstić information content (AvgIpc) is 3.29. The molecular formula is C21H19N7O. The molecule has 8 nitrogen and oxygen atoms in total. The van der Waals surface area contributed by atoms with E-state index in [1.807, 2.05) is 66.9 Å². The van der Waals surface area contributed by atoms with Gasteiger partial charge in [-0.05, 0) is 48.5 Å². The molecule has 0 fully saturated rings. The quantitative estimate of drug-likeness (QED) is 0.402. The van der Waals surface area contributed by atoms with E-state index in [1.165, 1.54) is 0 Å². The first-order valence-corrected chi connectivity index (χ1v) is 9.05. The molecule has 0 spiro atoms. The van der Waals surface area contributed by atoms with Crippen LogP contribution in [0.5, 0.6) is 0 Å². The van der Waals surface area contributed by atoms with Gasteiger partial charge in [0.1, 0.15) is 0 Å². The second kappa shape index (κ2) is 8.66. The number of hydrogen-bond acceptors (Lipinski definition) is 5. The molecule has 0 aliphatic rings. The number of amides is 2. The molecular weight excluding hydrogens is 366 g/mol. The van der Waals surface area contributed by atoms with E-state index in [1.54, 1.807) is 12.4 Å². The van der Waals surface area contributed by atoms with Crippen LogP contribution in [0, 0.1) is 0 Å². The summed E-state index contributed by atoms with van der Waals surface area (Å²) in [6, 6.07) is 18.3. The minimum Gasteiger partial charge on any atom is -0.360 e. The van der Waals surface area contributed by atoms with Gasteiger partial charge in [-0.3, -0.25) is 4.98 Å². The van der Waals surface area contributed by atoms with E-state index in [0.717, 1.165) is 22.8 Å². The summed E-state index contributed by atoms with van der Waals surface area (Å²) in [5, 5.41) is 8.75. The number of pyridine rings is 1. The molecule has 29 heavy (non-hydrogen) atoms. The summed E-state index contributed by atoms with van der Waals surface area (Å²) >= 11 is 0. The molecule has 4 rings (SSSR count). The van der Waals surface area contributed by atoms with Crippen molar-refractivity contribution in [3.05, 3.63) is 84.9 Å². The molecule has 0 aliphatic heterocycles. The highest BCUT2D eigenvalue weighted by molar-refractivity contribution is 5.89. The van der Waals surface area contributed by atoms with Crippen molar-refractivity contribution >= 4 is 23.4 Å². The van der Waals surface area contributed by atoms with Gasteiger partial charge in [-0.15, -0.1) is 0 Å². The summed E-state index contributed by atoms with van der Waals surface area (Å²) < 4.78 is 0. The smallest absolute Gasteiger partial charge is 0.319 e. The molecule has 2 amide bonds. The molecule has 0 atom stereocenters. The third-order valence-corrected chi connectivity index (χ3v) is 4.06. The molecule has 1 aromatic carbocycles. The molecule has 0 radical (unpaired) electrons. The van der Waals surface area contributed by atoms with Crippen LogP contribution in [0.1, 0.15) is 5.69 Å². The SMILES string of the molecule is O=C(NCc1ccccn1)Nc1cccc(Nc2nccc(-c3ccc[nH]3)n2)c1. The number of hydrogen-bond donors (Lipinski definition) is 4. The van der Waals surface area contributed by atoms with Crippen molar-refractivity contribution in [2.24, 2.45) is 0 Å². The van der Waals surface area contributed by atoms with Crippen LogP contribution in [0.2, 0.25) is 0 Å². The molecule has 0 saturated heterocycles. The van der Waals surface area contributed by atoms with Gasteiger partial charge < -0.3 is 20.9 Å². The number of aromatic nitrogens is 4. The van der Waals surface area contributed by atoms with Crippen LogP contribution in [0.25, 0.3) is 11.4 Å². The first-order chi connectivity index (χ1) is 14.3. The molecule has 3 aromatic heterocycles. The van der Waals surface area contributed by atoms with E-state index >= 15 is 0 Å². The van der Waals surface area contributed by atoms with Crippen molar-refractivity contribution in [1.82, 2.24) is 25.3 Å². The number of carbonyl (C=O) groups is 1. The Morgan fingerprint density at radius 1 is 0.931 bits per heavy atom. The van der Waals surface area contributed by atoms with Gasteiger partial charge in [-0.25, -0.2) is 14.8 Å². The fraction of sp³-hybridized carbons (Fsp3) is 0.0476. The van der Waals surface area contributed by atoms with Crippen molar-refractivity contribution in [1.29, 1.82) is 0 Å². The van der Waals surface area contributed by atoms with E-state index in [4.69, 9.17) is 0 Å². The lowest BCUT2D eigenvalue weighted by Gasteiger charge is -2.10. The van der Waals surface area contributed by atoms with Crippen LogP contribution < -0.4 is 16.0 Å². The minimum absolute atomic E-state index is 0.308. The Kier molecular flexibility index (Phi) is 5.43. The Morgan fingerprint density at radius 2 is 1.86 bits per heavy atom. The summed E-state index contributed by atoms with van der Waals surface area (Å²) in [6.45, 7) is 0.351. The number of urea groups is 1. The van der Waals surface area contributed by atoms with Crippen LogP contribution in [0.4, 0.5) is 22.1 Å². The summed E-state index contributed by atoms with van der Waals surface area (Å²) in [6.07, 6.45) is 5.23. The molecule has 0 aliphatic carbocycles. The van der Waals surface area contributed by atoms with Gasteiger partial charge in [-0.2, -0.15) is 0 Å². The summed E-state index contributed by atoms with van der Waals surface area (Å²) in [5.74, 6) is 0.467. The molecule has 144 valence electrons. The number of anilines is 3. The topological polar surface area (TPSA) is 108 Å². The molecule has 3 heterocycles. The highest BCUT2D eigenvalue weighted by Gasteiger charge is 2.06. The number of nitrogens with one attached hydrogen (secondary N) is 4. The van der Waals surface area contributed by atoms with Crippen LogP contribution in [-0.2, 0) is 6.54 Å². The van der Waals surface area contributed by atoms with Crippen LogP contribution in [0.15, 0.2) is 79.3 Å². The van der Waals surface area contributed by atoms with Crippen LogP contribution in [-0.4, -0.2) is 26.0 Å². The highest BCUT2D eigenvalue weighted by atomic mass is 16.2. The Balaban J connectivity index is 1.38. The van der Waals surface area contributed by atoms with Crippen molar-refractivity contribution in [3.63, 3.8) is 0 Å². The zero-order chi connectivity index (χ0) is 19.9. The molecule has 0 unspecified atom stereocenters. The zero-order valence-electron chi connectivity index (χ0n) is 15.5. The summed E-state index contributed by atoms with van der Waals surface area (Å²) in [7, 11) is 0. The lowest BCUT2D eigenvalue weighted by Crippen LogP contribution is -2.28. The van der Waals surface area contributed by atoms with Crippen molar-refractivity contribution in [3.8, 4) is 11.4 Å². The van der Waals surface area contributed by atoms with Gasteiger partial charge in [0.25, 0.3) is 0 Å². The van der Waals surface area contributed by atoms with E-state index in [2.05, 4.69) is 35.9 Å². The third kappa shape index (κ3) is 4.95. The van der Waals surface area contributed by atoms with Gasteiger partial charge in [-0.1, -0.05) is 12.1 Å². The average molecular weight is 385 g/mol. The van der Waals surface area contributed by atoms with Crippen LogP contribution in [0.3, 0.4) is 0 Å². The Hall–Kier alpha value is -4.20. The first kappa shape index (κ1) is 18.2. The second-order valence-electron chi connectivity index (χ2n) is 6.18. The highest BCUT2D eigenvalue weighted by Crippen LogP contribution is 2.20. The predicted octanol–water partition coefficient (Wildman–Crippen LogP) is 3.93. The summed E-state index contributed by atoms with van der Waals surface area (Å²) in [4.78, 5) is 28.2. The number of benzene rings is 1. The zero-order valence-corrected chi connectivity index (χ0v) is 15.5. The standard InChI is InChI=1S/C21H19N7O/c29-21(25-14-17-5-1-2-10-22-17)27-16-7-3-6-15(13-16)26-20-24-12-9-19(28-20)18-8-4-11-23-18/h1-13,23H,14H2,(H,24,26,28)(H2,25,27,29). The lowest BCUT2D eigenvalue weighted by atomic mass is 10.2. The Morgan fingerprint density at radius 3 is 2.69 bits per heavy atom. The van der Waals surface area contributed by atoms with Crippen LogP contribution >= 0.6 is 0 Å². The Labute approximate surface area is 167 Å². The van der Waals surface area contributed by atoms with E-state index in [0.29, 0.717) is 18.2 Å². The van der Waals surface area contributed by atoms with Gasteiger partial charge in [0.05, 0.1) is 23.6 Å². The molecule has 0 bridgehead atoms. The summed E-state index contributed by atoms with van der Waals surface area (Å²) in [5.41, 5.74) is 3.90. The number of aromatic amines is 1. The first-order valence-electron chi connectivity index (χ1n) is 9.05. The van der Waals surface area contributed by atoms with Gasteiger partial charge in [0.15, 0.2) is 0 Å². The maximum absolute atomic E-state index is 12.1. The lowest BCUT2D eigenvalue weighted by molar-refractivity contribution is 0.251. The minimum atomic E-state index is -0.308. The monoisotopic (exact) mass is 385 g/mol. The fourth-order valence-electron chi connectivity index (χ4n) is 2.71. The number of nitrogens with zero attached hydrogens (tertiary/aromatic N) is 3. The van der Waals surface area contributed by atoms with Crippen molar-refractivity contribution in [2.45, 2.75) is 6.54 Å². The van der Waals surface area contributed by atoms with E-state index in [9.17, 15) is 4.79 Å². The van der Waals surface area contributed by atoms with Gasteiger partial charge in [0.2, 0.25) is 5.95 Å². The molecule has 4 aromatic rings. The maximum Gasteiger partial charge on any atom is 0.319 e. The largest absolute Gasteiger partial charge is 0.360 e. The number of rotatable bonds is 6. The van der Waals surface area contributed by atoms with E-state index in [-0.39, 0.29) is 6.03 Å². The van der Waals surface area contributed by atoms with Gasteiger partial charge in [0, 0.05) is 30.0 Å². The molecule has 8 heteroatoms. The third-order valence-electron chi connectivity index (χ3n) is 4.06. The maximum atomic E-state index is 12.1. The molecule has 4 N–H and O–H groups in total. The Bertz CT molecular complexity index is 1080. The second-order valence-corrected chi connectivity index (χ2v) is 6.18. The number of H-pyrrole nitrogens is 1. The van der Waals surface area contributed by atoms with E-state index < -0.39 is 0 Å². The number of carbonyl (C=O) groups excluding carboxylic acids is 1.